The van der Waals surface area contributed by atoms with Gasteiger partial charge in [0.05, 0.1) is 0 Å². The minimum absolute atomic E-state index is 0.0100. The van der Waals surface area contributed by atoms with Crippen LogP contribution in [-0.2, 0) is 16.4 Å². The molecule has 1 unspecified atom stereocenters. The first-order chi connectivity index (χ1) is 11.3. The van der Waals surface area contributed by atoms with Crippen LogP contribution in [0.1, 0.15) is 41.0 Å². The Bertz CT molecular complexity index is 836. The van der Waals surface area contributed by atoms with E-state index >= 15 is 0 Å². The molecule has 24 heavy (non-hydrogen) atoms. The predicted octanol–water partition coefficient (Wildman–Crippen LogP) is 3.30. The molecule has 5 nitrogen and oxygen atoms in total. The largest absolute Gasteiger partial charge is 0.360 e. The molecule has 2 heterocycles. The first kappa shape index (κ1) is 17.2. The third-order valence-corrected chi connectivity index (χ3v) is 7.01. The van der Waals surface area contributed by atoms with Crippen molar-refractivity contribution in [3.05, 3.63) is 46.3 Å². The summed E-state index contributed by atoms with van der Waals surface area (Å²) in [6.45, 7) is 8.04. The maximum Gasteiger partial charge on any atom is 0.248 e. The Hall–Kier alpha value is -1.66. The van der Waals surface area contributed by atoms with E-state index in [2.05, 4.69) is 37.2 Å². The normalized spacial score (nSPS) is 19.1. The summed E-state index contributed by atoms with van der Waals surface area (Å²) in [5.74, 6) is 0.366. The molecule has 3 rings (SSSR count). The number of hydrogen-bond acceptors (Lipinski definition) is 4. The maximum absolute atomic E-state index is 13.1. The lowest BCUT2D eigenvalue weighted by atomic mass is 9.98. The molecule has 1 saturated heterocycles. The molecule has 1 atom stereocenters. The van der Waals surface area contributed by atoms with Gasteiger partial charge in [-0.25, -0.2) is 8.42 Å². The summed E-state index contributed by atoms with van der Waals surface area (Å²) in [6, 6.07) is 6.34. The fourth-order valence-corrected chi connectivity index (χ4v) is 5.55. The Morgan fingerprint density at radius 2 is 2.00 bits per heavy atom. The monoisotopic (exact) mass is 348 g/mol. The van der Waals surface area contributed by atoms with Crippen LogP contribution in [0.25, 0.3) is 0 Å². The van der Waals surface area contributed by atoms with Crippen molar-refractivity contribution in [1.82, 2.24) is 9.46 Å². The molecule has 6 heteroatoms. The van der Waals surface area contributed by atoms with Crippen LogP contribution in [0.2, 0.25) is 0 Å². The van der Waals surface area contributed by atoms with Crippen molar-refractivity contribution in [2.45, 2.75) is 57.9 Å². The highest BCUT2D eigenvalue weighted by molar-refractivity contribution is 7.89. The number of nitrogens with zero attached hydrogens (tertiary/aromatic N) is 2. The third-order valence-electron chi connectivity index (χ3n) is 4.82. The lowest BCUT2D eigenvalue weighted by Crippen LogP contribution is -2.37. The summed E-state index contributed by atoms with van der Waals surface area (Å²) < 4.78 is 32.9. The van der Waals surface area contributed by atoms with Crippen molar-refractivity contribution in [1.29, 1.82) is 0 Å². The van der Waals surface area contributed by atoms with Gasteiger partial charge in [-0.1, -0.05) is 28.9 Å². The molecule has 1 fully saturated rings. The van der Waals surface area contributed by atoms with Crippen LogP contribution in [0.4, 0.5) is 0 Å². The number of hydrogen-bond donors (Lipinski definition) is 0. The zero-order valence-corrected chi connectivity index (χ0v) is 15.5. The Morgan fingerprint density at radius 1 is 1.25 bits per heavy atom. The smallest absolute Gasteiger partial charge is 0.248 e. The number of benzene rings is 1. The summed E-state index contributed by atoms with van der Waals surface area (Å²) in [5, 5.41) is 3.81. The van der Waals surface area contributed by atoms with Crippen LogP contribution in [0.3, 0.4) is 0 Å². The highest BCUT2D eigenvalue weighted by Crippen LogP contribution is 2.31. The Morgan fingerprint density at radius 3 is 2.67 bits per heavy atom. The van der Waals surface area contributed by atoms with Crippen molar-refractivity contribution in [3.63, 3.8) is 0 Å². The fourth-order valence-electron chi connectivity index (χ4n) is 3.56. The average molecular weight is 348 g/mol. The molecule has 1 aromatic carbocycles. The molecule has 0 radical (unpaired) electrons. The molecule has 1 aliphatic heterocycles. The van der Waals surface area contributed by atoms with Gasteiger partial charge in [0.15, 0.2) is 5.76 Å². The van der Waals surface area contributed by atoms with E-state index in [1.807, 2.05) is 0 Å². The summed E-state index contributed by atoms with van der Waals surface area (Å²) in [5.41, 5.74) is 4.07. The molecule has 1 aromatic heterocycles. The van der Waals surface area contributed by atoms with Gasteiger partial charge in [0, 0.05) is 12.6 Å². The highest BCUT2D eigenvalue weighted by Gasteiger charge is 2.38. The Labute approximate surface area is 143 Å². The quantitative estimate of drug-likeness (QED) is 0.850. The van der Waals surface area contributed by atoms with Crippen molar-refractivity contribution in [2.75, 3.05) is 6.54 Å². The van der Waals surface area contributed by atoms with Gasteiger partial charge in [-0.15, -0.1) is 0 Å². The van der Waals surface area contributed by atoms with E-state index in [4.69, 9.17) is 4.52 Å². The summed E-state index contributed by atoms with van der Waals surface area (Å²) >= 11 is 0. The predicted molar refractivity (Wildman–Crippen MR) is 92.5 cm³/mol. The standard InChI is InChI=1S/C18H24N2O3S/c1-12-7-8-13(2)16(10-12)11-17-6-5-9-20(17)24(21,22)18-14(3)19-23-15(18)4/h7-8,10,17H,5-6,9,11H2,1-4H3. The number of aryl methyl sites for hydroxylation is 4. The summed E-state index contributed by atoms with van der Waals surface area (Å²) in [7, 11) is -3.57. The van der Waals surface area contributed by atoms with Crippen LogP contribution in [0.15, 0.2) is 27.6 Å². The minimum atomic E-state index is -3.57. The van der Waals surface area contributed by atoms with E-state index in [9.17, 15) is 8.42 Å². The SMILES string of the molecule is Cc1ccc(C)c(CC2CCCN2S(=O)(=O)c2c(C)noc2C)c1. The highest BCUT2D eigenvalue weighted by atomic mass is 32.2. The van der Waals surface area contributed by atoms with Gasteiger partial charge < -0.3 is 4.52 Å². The second kappa shape index (κ2) is 6.33. The maximum atomic E-state index is 13.1. The van der Waals surface area contributed by atoms with Crippen molar-refractivity contribution in [3.8, 4) is 0 Å². The van der Waals surface area contributed by atoms with Crippen molar-refractivity contribution >= 4 is 10.0 Å². The number of aromatic nitrogens is 1. The molecular weight excluding hydrogens is 324 g/mol. The minimum Gasteiger partial charge on any atom is -0.360 e. The summed E-state index contributed by atoms with van der Waals surface area (Å²) in [6.07, 6.45) is 2.52. The van der Waals surface area contributed by atoms with Gasteiger partial charge >= 0.3 is 0 Å². The van der Waals surface area contributed by atoms with Crippen LogP contribution >= 0.6 is 0 Å². The summed E-state index contributed by atoms with van der Waals surface area (Å²) in [4.78, 5) is 0.232. The topological polar surface area (TPSA) is 63.4 Å². The van der Waals surface area contributed by atoms with Crippen LogP contribution in [0.5, 0.6) is 0 Å². The molecule has 0 amide bonds. The lowest BCUT2D eigenvalue weighted by molar-refractivity contribution is 0.378. The first-order valence-electron chi connectivity index (χ1n) is 8.31. The molecule has 0 saturated carbocycles. The van der Waals surface area contributed by atoms with E-state index in [1.165, 1.54) is 16.7 Å². The van der Waals surface area contributed by atoms with Crippen LogP contribution < -0.4 is 0 Å². The lowest BCUT2D eigenvalue weighted by Gasteiger charge is -2.24. The molecule has 0 bridgehead atoms. The molecule has 0 N–H and O–H groups in total. The number of rotatable bonds is 4. The van der Waals surface area contributed by atoms with Crippen molar-refractivity contribution < 1.29 is 12.9 Å². The Kier molecular flexibility index (Phi) is 4.53. The van der Waals surface area contributed by atoms with Gasteiger partial charge in [-0.3, -0.25) is 0 Å². The third kappa shape index (κ3) is 3.00. The van der Waals surface area contributed by atoms with Crippen LogP contribution in [0, 0.1) is 27.7 Å². The zero-order valence-electron chi connectivity index (χ0n) is 14.7. The van der Waals surface area contributed by atoms with Gasteiger partial charge in [0.1, 0.15) is 10.6 Å². The fraction of sp³-hybridized carbons (Fsp3) is 0.500. The molecule has 2 aromatic rings. The number of sulfonamides is 1. The zero-order chi connectivity index (χ0) is 17.5. The molecular formula is C18H24N2O3S. The van der Waals surface area contributed by atoms with E-state index in [-0.39, 0.29) is 10.9 Å². The van der Waals surface area contributed by atoms with E-state index < -0.39 is 10.0 Å². The van der Waals surface area contributed by atoms with Crippen LogP contribution in [-0.4, -0.2) is 30.5 Å². The molecule has 1 aliphatic rings. The van der Waals surface area contributed by atoms with Crippen molar-refractivity contribution in [2.24, 2.45) is 0 Å². The van der Waals surface area contributed by atoms with Gasteiger partial charge in [-0.2, -0.15) is 4.31 Å². The second-order valence-corrected chi connectivity index (χ2v) is 8.53. The Balaban J connectivity index is 1.92. The van der Waals surface area contributed by atoms with E-state index in [0.717, 1.165) is 19.3 Å². The van der Waals surface area contributed by atoms with E-state index in [0.29, 0.717) is 18.0 Å². The molecule has 0 aliphatic carbocycles. The van der Waals surface area contributed by atoms with Gasteiger partial charge in [-0.05, 0) is 58.1 Å². The average Bonchev–Trinajstić information content (AvgIpc) is 3.10. The second-order valence-electron chi connectivity index (χ2n) is 6.70. The first-order valence-corrected chi connectivity index (χ1v) is 9.75. The van der Waals surface area contributed by atoms with Gasteiger partial charge in [0.2, 0.25) is 10.0 Å². The molecule has 0 spiro atoms. The van der Waals surface area contributed by atoms with E-state index in [1.54, 1.807) is 18.2 Å². The van der Waals surface area contributed by atoms with Gasteiger partial charge in [0.25, 0.3) is 0 Å². The molecule has 130 valence electrons.